The SMILES string of the molecule is CCOC(=O)N1CCC(N2C(=O)CC[C@H]2CCNCCOc2ccc(F)cc2)CC1. The van der Waals surface area contributed by atoms with Crippen LogP contribution in [0.15, 0.2) is 24.3 Å². The van der Waals surface area contributed by atoms with E-state index in [-0.39, 0.29) is 29.9 Å². The fraction of sp³-hybridized carbons (Fsp3) is 0.636. The highest BCUT2D eigenvalue weighted by Gasteiger charge is 2.37. The molecule has 30 heavy (non-hydrogen) atoms. The summed E-state index contributed by atoms with van der Waals surface area (Å²) in [7, 11) is 0. The molecule has 2 fully saturated rings. The topological polar surface area (TPSA) is 71.1 Å². The number of amides is 2. The molecule has 2 aliphatic heterocycles. The first-order valence-electron chi connectivity index (χ1n) is 10.9. The van der Waals surface area contributed by atoms with Gasteiger partial charge in [0, 0.05) is 38.1 Å². The molecule has 0 unspecified atom stereocenters. The van der Waals surface area contributed by atoms with Gasteiger partial charge in [-0.05, 0) is 63.4 Å². The van der Waals surface area contributed by atoms with E-state index in [9.17, 15) is 14.0 Å². The standard InChI is InChI=1S/C22H32FN3O4/c1-2-29-22(28)25-14-10-19(11-15-25)26-18(5-8-21(26)27)9-12-24-13-16-30-20-6-3-17(23)4-7-20/h3-4,6-7,18-19,24H,2,5,8-16H2,1H3/t18-/m0/s1. The number of ether oxygens (including phenoxy) is 2. The number of hydrogen-bond acceptors (Lipinski definition) is 5. The predicted octanol–water partition coefficient (Wildman–Crippen LogP) is 2.80. The molecule has 0 aromatic heterocycles. The van der Waals surface area contributed by atoms with Gasteiger partial charge in [-0.3, -0.25) is 4.79 Å². The first kappa shape index (κ1) is 22.3. The van der Waals surface area contributed by atoms with Gasteiger partial charge in [0.05, 0.1) is 6.61 Å². The lowest BCUT2D eigenvalue weighted by atomic mass is 10.0. The van der Waals surface area contributed by atoms with E-state index in [4.69, 9.17) is 9.47 Å². The monoisotopic (exact) mass is 421 g/mol. The van der Waals surface area contributed by atoms with Crippen molar-refractivity contribution in [3.05, 3.63) is 30.1 Å². The predicted molar refractivity (Wildman–Crippen MR) is 111 cm³/mol. The Morgan fingerprint density at radius 1 is 1.17 bits per heavy atom. The maximum absolute atomic E-state index is 12.9. The largest absolute Gasteiger partial charge is 0.492 e. The van der Waals surface area contributed by atoms with Gasteiger partial charge >= 0.3 is 6.09 Å². The van der Waals surface area contributed by atoms with Gasteiger partial charge < -0.3 is 24.6 Å². The van der Waals surface area contributed by atoms with Crippen molar-refractivity contribution in [3.63, 3.8) is 0 Å². The van der Waals surface area contributed by atoms with Crippen LogP contribution in [0.2, 0.25) is 0 Å². The van der Waals surface area contributed by atoms with Crippen molar-refractivity contribution in [3.8, 4) is 5.75 Å². The quantitative estimate of drug-likeness (QED) is 0.621. The number of carbonyl (C=O) groups excluding carboxylic acids is 2. The molecular formula is C22H32FN3O4. The molecule has 1 N–H and O–H groups in total. The number of hydrogen-bond donors (Lipinski definition) is 1. The van der Waals surface area contributed by atoms with Crippen LogP contribution in [0.1, 0.15) is 39.0 Å². The molecule has 2 amide bonds. The second-order valence-electron chi connectivity index (χ2n) is 7.75. The summed E-state index contributed by atoms with van der Waals surface area (Å²) in [4.78, 5) is 28.2. The minimum Gasteiger partial charge on any atom is -0.492 e. The number of piperidine rings is 1. The minimum atomic E-state index is -0.275. The summed E-state index contributed by atoms with van der Waals surface area (Å²) in [5.41, 5.74) is 0. The normalized spacial score (nSPS) is 19.9. The minimum absolute atomic E-state index is 0.206. The smallest absolute Gasteiger partial charge is 0.409 e. The average Bonchev–Trinajstić information content (AvgIpc) is 3.12. The zero-order chi connectivity index (χ0) is 21.3. The molecule has 2 heterocycles. The molecule has 8 heteroatoms. The Bertz CT molecular complexity index is 692. The zero-order valence-corrected chi connectivity index (χ0v) is 17.6. The molecule has 1 atom stereocenters. The Morgan fingerprint density at radius 2 is 1.90 bits per heavy atom. The fourth-order valence-electron chi connectivity index (χ4n) is 4.25. The summed E-state index contributed by atoms with van der Waals surface area (Å²) in [6, 6.07) is 6.45. The second kappa shape index (κ2) is 11.2. The Kier molecular flexibility index (Phi) is 8.30. The van der Waals surface area contributed by atoms with Crippen molar-refractivity contribution in [2.24, 2.45) is 0 Å². The molecule has 2 aliphatic rings. The van der Waals surface area contributed by atoms with Crippen LogP contribution in [0.4, 0.5) is 9.18 Å². The Labute approximate surface area is 177 Å². The van der Waals surface area contributed by atoms with Gasteiger partial charge in [0.25, 0.3) is 0 Å². The Balaban J connectivity index is 1.36. The van der Waals surface area contributed by atoms with Gasteiger partial charge in [-0.25, -0.2) is 9.18 Å². The van der Waals surface area contributed by atoms with Crippen molar-refractivity contribution in [2.75, 3.05) is 39.4 Å². The molecule has 2 saturated heterocycles. The third-order valence-corrected chi connectivity index (χ3v) is 5.77. The molecule has 1 aromatic carbocycles. The van der Waals surface area contributed by atoms with Gasteiger partial charge in [-0.15, -0.1) is 0 Å². The maximum Gasteiger partial charge on any atom is 0.409 e. The van der Waals surface area contributed by atoms with E-state index in [2.05, 4.69) is 10.2 Å². The zero-order valence-electron chi connectivity index (χ0n) is 17.6. The highest BCUT2D eigenvalue weighted by atomic mass is 19.1. The Hall–Kier alpha value is -2.35. The van der Waals surface area contributed by atoms with Gasteiger partial charge in [-0.1, -0.05) is 0 Å². The molecule has 1 aromatic rings. The number of likely N-dealkylation sites (tertiary alicyclic amines) is 2. The van der Waals surface area contributed by atoms with Crippen LogP contribution in [0, 0.1) is 5.82 Å². The second-order valence-corrected chi connectivity index (χ2v) is 7.75. The molecule has 3 rings (SSSR count). The lowest BCUT2D eigenvalue weighted by Crippen LogP contribution is -2.50. The van der Waals surface area contributed by atoms with E-state index in [0.29, 0.717) is 45.0 Å². The van der Waals surface area contributed by atoms with Crippen LogP contribution in [0.25, 0.3) is 0 Å². The highest BCUT2D eigenvalue weighted by Crippen LogP contribution is 2.28. The van der Waals surface area contributed by atoms with E-state index in [1.54, 1.807) is 24.0 Å². The molecule has 0 aliphatic carbocycles. The van der Waals surface area contributed by atoms with Crippen molar-refractivity contribution < 1.29 is 23.5 Å². The first-order valence-corrected chi connectivity index (χ1v) is 10.9. The highest BCUT2D eigenvalue weighted by molar-refractivity contribution is 5.79. The van der Waals surface area contributed by atoms with Crippen LogP contribution in [0.5, 0.6) is 5.75 Å². The van der Waals surface area contributed by atoms with Crippen molar-refractivity contribution in [1.82, 2.24) is 15.1 Å². The maximum atomic E-state index is 12.9. The number of rotatable bonds is 9. The summed E-state index contributed by atoms with van der Waals surface area (Å²) in [5, 5.41) is 3.36. The van der Waals surface area contributed by atoms with Gasteiger partial charge in [0.2, 0.25) is 5.91 Å². The van der Waals surface area contributed by atoms with E-state index < -0.39 is 0 Å². The number of halogens is 1. The fourth-order valence-corrected chi connectivity index (χ4v) is 4.25. The summed E-state index contributed by atoms with van der Waals surface area (Å²) in [6.07, 6.45) is 3.76. The third kappa shape index (κ3) is 6.08. The van der Waals surface area contributed by atoms with E-state index in [0.717, 1.165) is 32.2 Å². The summed E-state index contributed by atoms with van der Waals surface area (Å²) in [6.45, 7) is 5.47. The summed E-state index contributed by atoms with van der Waals surface area (Å²) in [5.74, 6) is 0.608. The lowest BCUT2D eigenvalue weighted by Gasteiger charge is -2.39. The van der Waals surface area contributed by atoms with E-state index >= 15 is 0 Å². The van der Waals surface area contributed by atoms with Gasteiger partial charge in [0.15, 0.2) is 0 Å². The van der Waals surface area contributed by atoms with Crippen LogP contribution in [0.3, 0.4) is 0 Å². The number of carbonyl (C=O) groups is 2. The number of benzene rings is 1. The van der Waals surface area contributed by atoms with Crippen LogP contribution in [-0.4, -0.2) is 73.3 Å². The first-order chi connectivity index (χ1) is 14.6. The van der Waals surface area contributed by atoms with Crippen LogP contribution < -0.4 is 10.1 Å². The third-order valence-electron chi connectivity index (χ3n) is 5.77. The molecule has 0 saturated carbocycles. The van der Waals surface area contributed by atoms with Gasteiger partial charge in [0.1, 0.15) is 18.2 Å². The molecule has 7 nitrogen and oxygen atoms in total. The summed E-state index contributed by atoms with van der Waals surface area (Å²) < 4.78 is 23.5. The van der Waals surface area contributed by atoms with Crippen molar-refractivity contribution in [1.29, 1.82) is 0 Å². The lowest BCUT2D eigenvalue weighted by molar-refractivity contribution is -0.132. The van der Waals surface area contributed by atoms with Gasteiger partial charge in [-0.2, -0.15) is 0 Å². The number of nitrogens with zero attached hydrogens (tertiary/aromatic N) is 2. The average molecular weight is 422 g/mol. The van der Waals surface area contributed by atoms with E-state index in [1.807, 2.05) is 0 Å². The molecule has 166 valence electrons. The van der Waals surface area contributed by atoms with Crippen molar-refractivity contribution in [2.45, 2.75) is 51.1 Å². The van der Waals surface area contributed by atoms with E-state index in [1.165, 1.54) is 12.1 Å². The molecule has 0 spiro atoms. The van der Waals surface area contributed by atoms with Crippen molar-refractivity contribution >= 4 is 12.0 Å². The van der Waals surface area contributed by atoms with Crippen LogP contribution in [-0.2, 0) is 9.53 Å². The molecule has 0 bridgehead atoms. The molecular weight excluding hydrogens is 389 g/mol. The molecule has 0 radical (unpaired) electrons. The number of nitrogens with one attached hydrogen (secondary N) is 1. The summed E-state index contributed by atoms with van der Waals surface area (Å²) >= 11 is 0. The Morgan fingerprint density at radius 3 is 2.60 bits per heavy atom. The van der Waals surface area contributed by atoms with Crippen LogP contribution >= 0.6 is 0 Å².